The van der Waals surface area contributed by atoms with E-state index in [0.717, 1.165) is 19.3 Å². The standard InChI is InChI=1S/C25H28O3/c1-25-12-11-21-20-10-8-19(28-24(27)16-5-3-2-4-6-16)13-17(20)7-9-22(21)23(25)14-18(26)15-25/h2-6,8,10,13,18,21-23,26H,7,9,11-12,14-15H2,1H3/t18-,21+,22-,23-,25+/m0/s1. The van der Waals surface area contributed by atoms with Gasteiger partial charge < -0.3 is 9.84 Å². The van der Waals surface area contributed by atoms with Crippen molar-refractivity contribution in [2.45, 2.75) is 57.5 Å². The van der Waals surface area contributed by atoms with E-state index in [2.05, 4.69) is 19.1 Å². The van der Waals surface area contributed by atoms with Crippen LogP contribution in [0.4, 0.5) is 0 Å². The number of carbonyl (C=O) groups is 1. The molecule has 28 heavy (non-hydrogen) atoms. The van der Waals surface area contributed by atoms with Gasteiger partial charge in [0, 0.05) is 0 Å². The molecule has 3 aliphatic rings. The van der Waals surface area contributed by atoms with Crippen LogP contribution < -0.4 is 4.74 Å². The van der Waals surface area contributed by atoms with Crippen LogP contribution in [-0.4, -0.2) is 17.2 Å². The van der Waals surface area contributed by atoms with E-state index in [1.807, 2.05) is 24.3 Å². The third-order valence-electron chi connectivity index (χ3n) is 7.66. The first-order valence-electron chi connectivity index (χ1n) is 10.6. The van der Waals surface area contributed by atoms with E-state index in [9.17, 15) is 9.90 Å². The van der Waals surface area contributed by atoms with Gasteiger partial charge in [0.2, 0.25) is 0 Å². The number of aryl methyl sites for hydroxylation is 1. The van der Waals surface area contributed by atoms with Crippen molar-refractivity contribution in [2.75, 3.05) is 0 Å². The van der Waals surface area contributed by atoms with E-state index in [1.165, 1.54) is 30.4 Å². The smallest absolute Gasteiger partial charge is 0.343 e. The van der Waals surface area contributed by atoms with Crippen molar-refractivity contribution in [3.63, 3.8) is 0 Å². The van der Waals surface area contributed by atoms with Gasteiger partial charge in [0.05, 0.1) is 11.7 Å². The summed E-state index contributed by atoms with van der Waals surface area (Å²) in [5.74, 6) is 2.25. The number of fused-ring (bicyclic) bond motifs is 5. The molecule has 0 heterocycles. The molecule has 146 valence electrons. The third kappa shape index (κ3) is 2.97. The maximum atomic E-state index is 12.4. The molecule has 2 saturated carbocycles. The summed E-state index contributed by atoms with van der Waals surface area (Å²) in [6, 6.07) is 15.4. The minimum Gasteiger partial charge on any atom is -0.423 e. The molecular weight excluding hydrogens is 348 g/mol. The molecule has 5 atom stereocenters. The normalized spacial score (nSPS) is 33.5. The van der Waals surface area contributed by atoms with E-state index in [1.54, 1.807) is 12.1 Å². The van der Waals surface area contributed by atoms with E-state index < -0.39 is 0 Å². The van der Waals surface area contributed by atoms with Crippen molar-refractivity contribution in [3.8, 4) is 5.75 Å². The van der Waals surface area contributed by atoms with Crippen LogP contribution in [0.15, 0.2) is 48.5 Å². The van der Waals surface area contributed by atoms with Crippen LogP contribution >= 0.6 is 0 Å². The topological polar surface area (TPSA) is 46.5 Å². The molecule has 2 fully saturated rings. The highest BCUT2D eigenvalue weighted by atomic mass is 16.5. The molecule has 3 heteroatoms. The quantitative estimate of drug-likeness (QED) is 0.584. The Labute approximate surface area is 166 Å². The number of hydrogen-bond donors (Lipinski definition) is 1. The zero-order valence-corrected chi connectivity index (χ0v) is 16.4. The Morgan fingerprint density at radius 1 is 1.14 bits per heavy atom. The molecule has 3 aliphatic carbocycles. The molecule has 0 saturated heterocycles. The summed E-state index contributed by atoms with van der Waals surface area (Å²) in [7, 11) is 0. The Kier molecular flexibility index (Phi) is 4.31. The van der Waals surface area contributed by atoms with Crippen LogP contribution in [-0.2, 0) is 6.42 Å². The molecule has 0 unspecified atom stereocenters. The van der Waals surface area contributed by atoms with Gasteiger partial charge in [-0.15, -0.1) is 0 Å². The summed E-state index contributed by atoms with van der Waals surface area (Å²) in [6.45, 7) is 2.39. The Bertz CT molecular complexity index is 890. The lowest BCUT2D eigenvalue weighted by Gasteiger charge is -2.49. The Balaban J connectivity index is 1.37. The number of benzene rings is 2. The lowest BCUT2D eigenvalue weighted by atomic mass is 9.56. The second-order valence-electron chi connectivity index (χ2n) is 9.32. The van der Waals surface area contributed by atoms with Crippen LogP contribution in [0.3, 0.4) is 0 Å². The number of esters is 1. The van der Waals surface area contributed by atoms with E-state index in [-0.39, 0.29) is 12.1 Å². The van der Waals surface area contributed by atoms with E-state index in [0.29, 0.717) is 34.5 Å². The van der Waals surface area contributed by atoms with Gasteiger partial charge in [0.25, 0.3) is 0 Å². The van der Waals surface area contributed by atoms with Gasteiger partial charge in [-0.2, -0.15) is 0 Å². The average Bonchev–Trinajstić information content (AvgIpc) is 3.02. The van der Waals surface area contributed by atoms with E-state index in [4.69, 9.17) is 4.74 Å². The fraction of sp³-hybridized carbons (Fsp3) is 0.480. The number of carbonyl (C=O) groups excluding carboxylic acids is 1. The molecule has 5 rings (SSSR count). The summed E-state index contributed by atoms with van der Waals surface area (Å²) in [6.07, 6.45) is 6.47. The van der Waals surface area contributed by atoms with Crippen LogP contribution in [0, 0.1) is 17.3 Å². The van der Waals surface area contributed by atoms with Crippen LogP contribution in [0.25, 0.3) is 0 Å². The van der Waals surface area contributed by atoms with Crippen molar-refractivity contribution >= 4 is 5.97 Å². The van der Waals surface area contributed by atoms with Gasteiger partial charge >= 0.3 is 5.97 Å². The number of rotatable bonds is 2. The molecular formula is C25H28O3. The van der Waals surface area contributed by atoms with Gasteiger partial charge in [-0.1, -0.05) is 31.2 Å². The summed E-state index contributed by atoms with van der Waals surface area (Å²) in [4.78, 5) is 12.4. The lowest BCUT2D eigenvalue weighted by molar-refractivity contribution is 0.0594. The summed E-state index contributed by atoms with van der Waals surface area (Å²) in [5.41, 5.74) is 3.68. The van der Waals surface area contributed by atoms with Crippen molar-refractivity contribution < 1.29 is 14.6 Å². The third-order valence-corrected chi connectivity index (χ3v) is 7.66. The zero-order valence-electron chi connectivity index (χ0n) is 16.4. The molecule has 0 radical (unpaired) electrons. The summed E-state index contributed by atoms with van der Waals surface area (Å²) < 4.78 is 5.63. The summed E-state index contributed by atoms with van der Waals surface area (Å²) >= 11 is 0. The van der Waals surface area contributed by atoms with Crippen molar-refractivity contribution in [3.05, 3.63) is 65.2 Å². The van der Waals surface area contributed by atoms with Crippen molar-refractivity contribution in [1.29, 1.82) is 0 Å². The molecule has 0 aromatic heterocycles. The molecule has 0 bridgehead atoms. The molecule has 2 aromatic carbocycles. The molecule has 0 amide bonds. The van der Waals surface area contributed by atoms with Gasteiger partial charge in [-0.25, -0.2) is 4.79 Å². The van der Waals surface area contributed by atoms with Crippen LogP contribution in [0.1, 0.15) is 66.4 Å². The maximum absolute atomic E-state index is 12.4. The highest BCUT2D eigenvalue weighted by molar-refractivity contribution is 5.91. The van der Waals surface area contributed by atoms with Gasteiger partial charge in [0.15, 0.2) is 0 Å². The van der Waals surface area contributed by atoms with Crippen molar-refractivity contribution in [2.24, 2.45) is 17.3 Å². The number of ether oxygens (including phenoxy) is 1. The Hall–Kier alpha value is -2.13. The predicted molar refractivity (Wildman–Crippen MR) is 108 cm³/mol. The Morgan fingerprint density at radius 2 is 1.96 bits per heavy atom. The second kappa shape index (κ2) is 6.73. The molecule has 3 nitrogen and oxygen atoms in total. The number of aliphatic hydroxyl groups is 1. The number of hydrogen-bond acceptors (Lipinski definition) is 3. The molecule has 0 aliphatic heterocycles. The molecule has 0 spiro atoms. The van der Waals surface area contributed by atoms with Crippen LogP contribution in [0.5, 0.6) is 5.75 Å². The number of aliphatic hydroxyl groups excluding tert-OH is 1. The van der Waals surface area contributed by atoms with E-state index >= 15 is 0 Å². The molecule has 1 N–H and O–H groups in total. The Morgan fingerprint density at radius 3 is 2.79 bits per heavy atom. The zero-order chi connectivity index (χ0) is 19.3. The minimum atomic E-state index is -0.303. The highest BCUT2D eigenvalue weighted by Gasteiger charge is 2.52. The van der Waals surface area contributed by atoms with Crippen molar-refractivity contribution in [1.82, 2.24) is 0 Å². The average molecular weight is 376 g/mol. The fourth-order valence-corrected chi connectivity index (χ4v) is 6.38. The fourth-order valence-electron chi connectivity index (χ4n) is 6.38. The monoisotopic (exact) mass is 376 g/mol. The van der Waals surface area contributed by atoms with Crippen LogP contribution in [0.2, 0.25) is 0 Å². The maximum Gasteiger partial charge on any atom is 0.343 e. The minimum absolute atomic E-state index is 0.116. The second-order valence-corrected chi connectivity index (χ2v) is 9.32. The lowest BCUT2D eigenvalue weighted by Crippen LogP contribution is -2.39. The first kappa shape index (κ1) is 17.9. The SMILES string of the molecule is C[C@]12CC[C@@H]3c4ccc(OC(=O)c5ccccc5)cc4CC[C@@H]3[C@@H]1C[C@H](O)C2. The van der Waals surface area contributed by atoms with Gasteiger partial charge in [-0.05, 0) is 97.1 Å². The highest BCUT2D eigenvalue weighted by Crippen LogP contribution is 2.60. The largest absolute Gasteiger partial charge is 0.423 e. The van der Waals surface area contributed by atoms with Gasteiger partial charge in [-0.3, -0.25) is 0 Å². The first-order chi connectivity index (χ1) is 13.5. The summed E-state index contributed by atoms with van der Waals surface area (Å²) in [5, 5.41) is 10.3. The molecule has 2 aromatic rings. The van der Waals surface area contributed by atoms with Gasteiger partial charge in [0.1, 0.15) is 5.75 Å². The first-order valence-corrected chi connectivity index (χ1v) is 10.6. The predicted octanol–water partition coefficient (Wildman–Crippen LogP) is 5.12.